The second-order valence-electron chi connectivity index (χ2n) is 6.25. The van der Waals surface area contributed by atoms with E-state index in [1.165, 1.54) is 5.56 Å². The van der Waals surface area contributed by atoms with E-state index in [9.17, 15) is 4.79 Å². The number of thioether (sulfide) groups is 1. The Bertz CT molecular complexity index is 617. The summed E-state index contributed by atoms with van der Waals surface area (Å²) in [6.07, 6.45) is 0. The fourth-order valence-corrected chi connectivity index (χ4v) is 2.63. The lowest BCUT2D eigenvalue weighted by atomic mass is 9.93. The highest BCUT2D eigenvalue weighted by Crippen LogP contribution is 2.25. The van der Waals surface area contributed by atoms with Crippen LogP contribution in [0.5, 0.6) is 0 Å². The van der Waals surface area contributed by atoms with E-state index < -0.39 is 0 Å². The van der Waals surface area contributed by atoms with Crippen molar-refractivity contribution in [3.05, 3.63) is 47.7 Å². The summed E-state index contributed by atoms with van der Waals surface area (Å²) in [6.45, 7) is 8.01. The maximum atomic E-state index is 12.2. The molecule has 0 radical (unpaired) electrons. The molecule has 1 aromatic carbocycles. The fourth-order valence-electron chi connectivity index (χ4n) is 1.79. The molecule has 0 fully saturated rings. The summed E-state index contributed by atoms with van der Waals surface area (Å²) < 4.78 is 5.27. The first-order valence-corrected chi connectivity index (χ1v) is 8.35. The molecule has 0 saturated carbocycles. The number of benzene rings is 1. The van der Waals surface area contributed by atoms with Crippen LogP contribution < -0.4 is 5.32 Å². The smallest absolute Gasteiger partial charge is 0.238 e. The van der Waals surface area contributed by atoms with Gasteiger partial charge in [-0.25, -0.2) is 0 Å². The maximum absolute atomic E-state index is 12.2. The minimum Gasteiger partial charge on any atom is -0.359 e. The third-order valence-corrected chi connectivity index (χ3v) is 4.43. The second kappa shape index (κ2) is 7.01. The average molecular weight is 318 g/mol. The van der Waals surface area contributed by atoms with Crippen LogP contribution >= 0.6 is 11.8 Å². The largest absolute Gasteiger partial charge is 0.359 e. The first-order valence-electron chi connectivity index (χ1n) is 7.30. The SMILES string of the molecule is CC(SCc1ccccc1)C(=O)Nc1cc(C(C)(C)C)on1. The van der Waals surface area contributed by atoms with Crippen molar-refractivity contribution >= 4 is 23.5 Å². The molecular formula is C17H22N2O2S. The van der Waals surface area contributed by atoms with Gasteiger partial charge in [0, 0.05) is 17.2 Å². The Morgan fingerprint density at radius 2 is 2.00 bits per heavy atom. The fraction of sp³-hybridized carbons (Fsp3) is 0.412. The van der Waals surface area contributed by atoms with Crippen LogP contribution in [0.15, 0.2) is 40.9 Å². The quantitative estimate of drug-likeness (QED) is 0.896. The zero-order valence-electron chi connectivity index (χ0n) is 13.4. The number of hydrogen-bond donors (Lipinski definition) is 1. The first-order chi connectivity index (χ1) is 10.4. The van der Waals surface area contributed by atoms with Gasteiger partial charge in [0.05, 0.1) is 5.25 Å². The number of carbonyl (C=O) groups is 1. The molecule has 5 heteroatoms. The Kier molecular flexibility index (Phi) is 5.29. The van der Waals surface area contributed by atoms with Gasteiger partial charge in [-0.3, -0.25) is 4.79 Å². The maximum Gasteiger partial charge on any atom is 0.238 e. The predicted molar refractivity (Wildman–Crippen MR) is 91.0 cm³/mol. The van der Waals surface area contributed by atoms with Crippen LogP contribution in [0, 0.1) is 0 Å². The van der Waals surface area contributed by atoms with Crippen molar-refractivity contribution in [3.63, 3.8) is 0 Å². The van der Waals surface area contributed by atoms with Crippen molar-refractivity contribution in [3.8, 4) is 0 Å². The Morgan fingerprint density at radius 1 is 1.32 bits per heavy atom. The molecule has 0 aliphatic heterocycles. The molecule has 1 heterocycles. The predicted octanol–water partition coefficient (Wildman–Crippen LogP) is 4.23. The van der Waals surface area contributed by atoms with Gasteiger partial charge in [-0.2, -0.15) is 0 Å². The van der Waals surface area contributed by atoms with Gasteiger partial charge in [0.2, 0.25) is 5.91 Å². The summed E-state index contributed by atoms with van der Waals surface area (Å²) in [5.41, 5.74) is 1.09. The van der Waals surface area contributed by atoms with Crippen LogP contribution in [0.1, 0.15) is 39.0 Å². The van der Waals surface area contributed by atoms with Gasteiger partial charge in [-0.15, -0.1) is 11.8 Å². The molecule has 1 atom stereocenters. The summed E-state index contributed by atoms with van der Waals surface area (Å²) in [5, 5.41) is 6.56. The third kappa shape index (κ3) is 4.63. The molecule has 1 unspecified atom stereocenters. The second-order valence-corrected chi connectivity index (χ2v) is 7.58. The lowest BCUT2D eigenvalue weighted by Crippen LogP contribution is -2.22. The number of nitrogens with one attached hydrogen (secondary N) is 1. The van der Waals surface area contributed by atoms with E-state index >= 15 is 0 Å². The van der Waals surface area contributed by atoms with Crippen molar-refractivity contribution in [1.82, 2.24) is 5.16 Å². The summed E-state index contributed by atoms with van der Waals surface area (Å²) in [4.78, 5) is 12.2. The van der Waals surface area contributed by atoms with Crippen molar-refractivity contribution in [2.45, 2.75) is 44.1 Å². The van der Waals surface area contributed by atoms with Gasteiger partial charge < -0.3 is 9.84 Å². The van der Waals surface area contributed by atoms with E-state index in [2.05, 4.69) is 22.6 Å². The van der Waals surface area contributed by atoms with Crippen LogP contribution in [0.3, 0.4) is 0 Å². The van der Waals surface area contributed by atoms with Crippen molar-refractivity contribution in [2.24, 2.45) is 0 Å². The molecule has 0 bridgehead atoms. The number of amides is 1. The number of nitrogens with zero attached hydrogens (tertiary/aromatic N) is 1. The summed E-state index contributed by atoms with van der Waals surface area (Å²) in [5.74, 6) is 1.98. The molecular weight excluding hydrogens is 296 g/mol. The van der Waals surface area contributed by atoms with Gasteiger partial charge in [0.1, 0.15) is 5.76 Å². The van der Waals surface area contributed by atoms with Crippen molar-refractivity contribution in [1.29, 1.82) is 0 Å². The number of anilines is 1. The monoisotopic (exact) mass is 318 g/mol. The summed E-state index contributed by atoms with van der Waals surface area (Å²) in [7, 11) is 0. The molecule has 118 valence electrons. The molecule has 2 rings (SSSR count). The van der Waals surface area contributed by atoms with E-state index in [4.69, 9.17) is 4.52 Å². The number of hydrogen-bond acceptors (Lipinski definition) is 4. The van der Waals surface area contributed by atoms with Crippen LogP contribution in [0.2, 0.25) is 0 Å². The Morgan fingerprint density at radius 3 is 2.59 bits per heavy atom. The summed E-state index contributed by atoms with van der Waals surface area (Å²) in [6, 6.07) is 11.9. The Hall–Kier alpha value is -1.75. The molecule has 0 aliphatic carbocycles. The number of rotatable bonds is 5. The van der Waals surface area contributed by atoms with Crippen molar-refractivity contribution < 1.29 is 9.32 Å². The molecule has 1 amide bonds. The van der Waals surface area contributed by atoms with Gasteiger partial charge in [0.15, 0.2) is 5.82 Å². The molecule has 0 spiro atoms. The van der Waals surface area contributed by atoms with Gasteiger partial charge in [0.25, 0.3) is 0 Å². The van der Waals surface area contributed by atoms with Gasteiger partial charge in [-0.05, 0) is 12.5 Å². The van der Waals surface area contributed by atoms with E-state index in [1.54, 1.807) is 17.8 Å². The van der Waals surface area contributed by atoms with Crippen LogP contribution in [0.4, 0.5) is 5.82 Å². The zero-order chi connectivity index (χ0) is 16.2. The Balaban J connectivity index is 1.87. The van der Waals surface area contributed by atoms with E-state index in [0.717, 1.165) is 11.5 Å². The lowest BCUT2D eigenvalue weighted by Gasteiger charge is -2.12. The van der Waals surface area contributed by atoms with Gasteiger partial charge in [-0.1, -0.05) is 56.3 Å². The Labute approximate surface area is 135 Å². The van der Waals surface area contributed by atoms with E-state index in [1.807, 2.05) is 45.9 Å². The summed E-state index contributed by atoms with van der Waals surface area (Å²) >= 11 is 1.60. The van der Waals surface area contributed by atoms with Crippen molar-refractivity contribution in [2.75, 3.05) is 5.32 Å². The van der Waals surface area contributed by atoms with E-state index in [-0.39, 0.29) is 16.6 Å². The van der Waals surface area contributed by atoms with Crippen LogP contribution in [-0.2, 0) is 16.0 Å². The highest BCUT2D eigenvalue weighted by atomic mass is 32.2. The zero-order valence-corrected chi connectivity index (χ0v) is 14.2. The normalized spacial score (nSPS) is 12.9. The minimum absolute atomic E-state index is 0.0605. The lowest BCUT2D eigenvalue weighted by molar-refractivity contribution is -0.115. The van der Waals surface area contributed by atoms with Gasteiger partial charge >= 0.3 is 0 Å². The average Bonchev–Trinajstić information content (AvgIpc) is 2.94. The van der Waals surface area contributed by atoms with Crippen LogP contribution in [-0.4, -0.2) is 16.3 Å². The molecule has 4 nitrogen and oxygen atoms in total. The minimum atomic E-state index is -0.157. The highest BCUT2D eigenvalue weighted by Gasteiger charge is 2.21. The molecule has 0 saturated heterocycles. The molecule has 22 heavy (non-hydrogen) atoms. The molecule has 1 N–H and O–H groups in total. The topological polar surface area (TPSA) is 55.1 Å². The molecule has 0 aliphatic rings. The number of aromatic nitrogens is 1. The molecule has 1 aromatic heterocycles. The third-order valence-electron chi connectivity index (χ3n) is 3.21. The highest BCUT2D eigenvalue weighted by molar-refractivity contribution is 7.99. The number of carbonyl (C=O) groups excluding carboxylic acids is 1. The van der Waals surface area contributed by atoms with Crippen LogP contribution in [0.25, 0.3) is 0 Å². The van der Waals surface area contributed by atoms with E-state index in [0.29, 0.717) is 5.82 Å². The molecule has 2 aromatic rings. The standard InChI is InChI=1S/C17H22N2O2S/c1-12(22-11-13-8-6-5-7-9-13)16(20)18-15-10-14(21-19-15)17(2,3)4/h5-10,12H,11H2,1-4H3,(H,18,19,20). The first kappa shape index (κ1) is 16.6.